The Morgan fingerprint density at radius 2 is 1.60 bits per heavy atom. The predicted molar refractivity (Wildman–Crippen MR) is 107 cm³/mol. The maximum Gasteiger partial charge on any atom is 0.125 e. The maximum absolute atomic E-state index is 13.6. The van der Waals surface area contributed by atoms with Gasteiger partial charge >= 0.3 is 0 Å². The molecule has 0 aliphatic rings. The summed E-state index contributed by atoms with van der Waals surface area (Å²) in [5.41, 5.74) is 5.59. The highest BCUT2D eigenvalue weighted by Crippen LogP contribution is 2.37. The van der Waals surface area contributed by atoms with Crippen molar-refractivity contribution < 1.29 is 4.39 Å². The lowest BCUT2D eigenvalue weighted by Crippen LogP contribution is -2.10. The molecule has 3 rings (SSSR count). The lowest BCUT2D eigenvalue weighted by molar-refractivity contribution is 0.402. The maximum atomic E-state index is 13.6. The zero-order valence-corrected chi connectivity index (χ0v) is 15.9. The molecule has 0 fully saturated rings. The third kappa shape index (κ3) is 4.09. The highest BCUT2D eigenvalue weighted by atomic mass is 32.1. The fraction of sp³-hybridized carbons (Fsp3) is 0.238. The van der Waals surface area contributed by atoms with Gasteiger partial charge in [0.2, 0.25) is 0 Å². The molecule has 0 atom stereocenters. The number of hydrogen-bond donors (Lipinski definition) is 0. The molecule has 3 aromatic rings. The second-order valence-corrected chi connectivity index (χ2v) is 7.60. The highest BCUT2D eigenvalue weighted by molar-refractivity contribution is 7.14. The molecule has 1 aromatic heterocycles. The van der Waals surface area contributed by atoms with Gasteiger partial charge in [-0.3, -0.25) is 0 Å². The Morgan fingerprint density at radius 3 is 2.24 bits per heavy atom. The summed E-state index contributed by atoms with van der Waals surface area (Å²) < 4.78 is 13.6. The van der Waals surface area contributed by atoms with Gasteiger partial charge in [0, 0.05) is 36.8 Å². The molecule has 2 nitrogen and oxygen atoms in total. The van der Waals surface area contributed by atoms with E-state index in [1.807, 2.05) is 25.1 Å². The molecule has 0 aliphatic heterocycles. The van der Waals surface area contributed by atoms with Crippen molar-refractivity contribution in [3.05, 3.63) is 65.3 Å². The Labute approximate surface area is 153 Å². The lowest BCUT2D eigenvalue weighted by atomic mass is 10.0. The predicted octanol–water partition coefficient (Wildman–Crippen LogP) is 5.35. The molecule has 0 amide bonds. The number of nitrogens with zero attached hydrogens (tertiary/aromatic N) is 2. The minimum absolute atomic E-state index is 0.209. The van der Waals surface area contributed by atoms with Crippen LogP contribution in [0, 0.1) is 5.82 Å². The Bertz CT molecular complexity index is 851. The molecule has 0 saturated heterocycles. The number of benzene rings is 2. The van der Waals surface area contributed by atoms with Gasteiger partial charge in [-0.05, 0) is 60.4 Å². The van der Waals surface area contributed by atoms with Gasteiger partial charge in [0.05, 0.1) is 0 Å². The number of hydrogen-bond acceptors (Lipinski definition) is 3. The van der Waals surface area contributed by atoms with Crippen LogP contribution in [0.1, 0.15) is 5.56 Å². The van der Waals surface area contributed by atoms with E-state index in [1.165, 1.54) is 22.1 Å². The van der Waals surface area contributed by atoms with Gasteiger partial charge in [0.25, 0.3) is 0 Å². The van der Waals surface area contributed by atoms with Crippen LogP contribution in [-0.2, 0) is 6.54 Å². The molecule has 2 aromatic carbocycles. The van der Waals surface area contributed by atoms with Crippen molar-refractivity contribution in [2.45, 2.75) is 6.54 Å². The minimum atomic E-state index is -0.209. The van der Waals surface area contributed by atoms with Gasteiger partial charge < -0.3 is 9.80 Å². The first-order chi connectivity index (χ1) is 11.9. The summed E-state index contributed by atoms with van der Waals surface area (Å²) in [4.78, 5) is 5.34. The highest BCUT2D eigenvalue weighted by Gasteiger charge is 2.11. The molecule has 0 N–H and O–H groups in total. The average molecular weight is 354 g/mol. The van der Waals surface area contributed by atoms with E-state index in [1.54, 1.807) is 17.4 Å². The molecule has 1 heterocycles. The van der Waals surface area contributed by atoms with Gasteiger partial charge in [0.1, 0.15) is 5.82 Å². The number of rotatable bonds is 5. The van der Waals surface area contributed by atoms with Crippen LogP contribution in [0.15, 0.2) is 53.9 Å². The van der Waals surface area contributed by atoms with E-state index in [0.29, 0.717) is 0 Å². The summed E-state index contributed by atoms with van der Waals surface area (Å²) in [7, 11) is 8.03. The summed E-state index contributed by atoms with van der Waals surface area (Å²) in [5.74, 6) is -0.209. The molecular weight excluding hydrogens is 331 g/mol. The summed E-state index contributed by atoms with van der Waals surface area (Å²) >= 11 is 1.72. The van der Waals surface area contributed by atoms with Crippen molar-refractivity contribution in [3.8, 4) is 21.6 Å². The third-order valence-corrected chi connectivity index (χ3v) is 5.07. The van der Waals surface area contributed by atoms with Crippen LogP contribution in [0.4, 0.5) is 10.1 Å². The topological polar surface area (TPSA) is 6.48 Å². The molecule has 0 unspecified atom stereocenters. The summed E-state index contributed by atoms with van der Waals surface area (Å²) in [6.45, 7) is 0.942. The van der Waals surface area contributed by atoms with Crippen LogP contribution >= 0.6 is 11.3 Å². The molecule has 4 heteroatoms. The van der Waals surface area contributed by atoms with E-state index in [-0.39, 0.29) is 5.82 Å². The van der Waals surface area contributed by atoms with Gasteiger partial charge in [-0.25, -0.2) is 4.39 Å². The number of thiophene rings is 1. The van der Waals surface area contributed by atoms with Crippen molar-refractivity contribution >= 4 is 17.0 Å². The first kappa shape index (κ1) is 17.6. The van der Waals surface area contributed by atoms with Crippen molar-refractivity contribution in [1.82, 2.24) is 4.90 Å². The Kier molecular flexibility index (Phi) is 5.21. The largest absolute Gasteiger partial charge is 0.377 e. The van der Waals surface area contributed by atoms with Crippen molar-refractivity contribution in [1.29, 1.82) is 0 Å². The van der Waals surface area contributed by atoms with Gasteiger partial charge in [-0.2, -0.15) is 0 Å². The average Bonchev–Trinajstić information content (AvgIpc) is 3.04. The number of halogens is 1. The van der Waals surface area contributed by atoms with E-state index in [2.05, 4.69) is 54.7 Å². The lowest BCUT2D eigenvalue weighted by Gasteiger charge is -2.17. The standard InChI is InChI=1S/C21H23FN2S/c1-23(2)13-15-5-7-16(8-6-15)21-11-17(14-25-21)19-10-9-18(22)12-20(19)24(3)4/h5-12,14H,13H2,1-4H3. The van der Waals surface area contributed by atoms with Crippen LogP contribution in [0.25, 0.3) is 21.6 Å². The Hall–Kier alpha value is -2.17. The van der Waals surface area contributed by atoms with Crippen LogP contribution in [0.5, 0.6) is 0 Å². The van der Waals surface area contributed by atoms with Gasteiger partial charge in [-0.15, -0.1) is 11.3 Å². The monoisotopic (exact) mass is 354 g/mol. The van der Waals surface area contributed by atoms with Crippen molar-refractivity contribution in [2.75, 3.05) is 33.1 Å². The van der Waals surface area contributed by atoms with Gasteiger partial charge in [-0.1, -0.05) is 24.3 Å². The van der Waals surface area contributed by atoms with E-state index < -0.39 is 0 Å². The quantitative estimate of drug-likeness (QED) is 0.609. The molecule has 130 valence electrons. The number of anilines is 1. The molecule has 0 radical (unpaired) electrons. The molecule has 0 aliphatic carbocycles. The fourth-order valence-electron chi connectivity index (χ4n) is 2.89. The summed E-state index contributed by atoms with van der Waals surface area (Å²) in [6.07, 6.45) is 0. The fourth-order valence-corrected chi connectivity index (χ4v) is 3.80. The SMILES string of the molecule is CN(C)Cc1ccc(-c2cc(-c3ccc(F)cc3N(C)C)cs2)cc1. The zero-order chi connectivity index (χ0) is 18.0. The third-order valence-electron chi connectivity index (χ3n) is 4.09. The molecule has 25 heavy (non-hydrogen) atoms. The smallest absolute Gasteiger partial charge is 0.125 e. The van der Waals surface area contributed by atoms with E-state index in [9.17, 15) is 4.39 Å². The first-order valence-electron chi connectivity index (χ1n) is 8.24. The van der Waals surface area contributed by atoms with Crippen LogP contribution < -0.4 is 4.90 Å². The van der Waals surface area contributed by atoms with Crippen LogP contribution in [0.2, 0.25) is 0 Å². The summed E-state index contributed by atoms with van der Waals surface area (Å²) in [5, 5.41) is 2.14. The zero-order valence-electron chi connectivity index (χ0n) is 15.1. The normalized spacial score (nSPS) is 11.1. The second-order valence-electron chi connectivity index (χ2n) is 6.69. The molecule has 0 bridgehead atoms. The summed E-state index contributed by atoms with van der Waals surface area (Å²) in [6, 6.07) is 15.9. The van der Waals surface area contributed by atoms with Crippen LogP contribution in [-0.4, -0.2) is 33.1 Å². The van der Waals surface area contributed by atoms with Crippen molar-refractivity contribution in [3.63, 3.8) is 0 Å². The van der Waals surface area contributed by atoms with Crippen LogP contribution in [0.3, 0.4) is 0 Å². The van der Waals surface area contributed by atoms with E-state index >= 15 is 0 Å². The molecular formula is C21H23FN2S. The minimum Gasteiger partial charge on any atom is -0.377 e. The molecule has 0 saturated carbocycles. The molecule has 0 spiro atoms. The van der Waals surface area contributed by atoms with Crippen molar-refractivity contribution in [2.24, 2.45) is 0 Å². The van der Waals surface area contributed by atoms with E-state index in [0.717, 1.165) is 23.4 Å². The first-order valence-corrected chi connectivity index (χ1v) is 9.12. The second kappa shape index (κ2) is 7.38. The van der Waals surface area contributed by atoms with E-state index in [4.69, 9.17) is 0 Å². The Morgan fingerprint density at radius 1 is 0.880 bits per heavy atom. The van der Waals surface area contributed by atoms with Gasteiger partial charge in [0.15, 0.2) is 0 Å². The Balaban J connectivity index is 1.90.